The number of rotatable bonds is 10. The molecular formula is C34H27N3O3S2. The van der Waals surface area contributed by atoms with E-state index in [0.29, 0.717) is 16.9 Å². The van der Waals surface area contributed by atoms with Crippen LogP contribution in [0.1, 0.15) is 26.0 Å². The van der Waals surface area contributed by atoms with Crippen LogP contribution < -0.4 is 16.0 Å². The summed E-state index contributed by atoms with van der Waals surface area (Å²) in [6.07, 6.45) is 1.65. The fraction of sp³-hybridized carbons (Fsp3) is 0.0294. The van der Waals surface area contributed by atoms with Gasteiger partial charge in [0.25, 0.3) is 11.8 Å². The second-order valence-corrected chi connectivity index (χ2v) is 11.3. The van der Waals surface area contributed by atoms with Crippen LogP contribution in [0.15, 0.2) is 143 Å². The van der Waals surface area contributed by atoms with Gasteiger partial charge in [-0.2, -0.15) is 0 Å². The lowest BCUT2D eigenvalue weighted by Gasteiger charge is -2.18. The van der Waals surface area contributed by atoms with Gasteiger partial charge in [-0.3, -0.25) is 14.4 Å². The highest BCUT2D eigenvalue weighted by atomic mass is 32.2. The van der Waals surface area contributed by atoms with Gasteiger partial charge in [-0.1, -0.05) is 78.9 Å². The molecule has 5 aromatic rings. The molecule has 0 bridgehead atoms. The van der Waals surface area contributed by atoms with Gasteiger partial charge in [-0.25, -0.2) is 0 Å². The van der Waals surface area contributed by atoms with Crippen LogP contribution in [0.5, 0.6) is 0 Å². The van der Waals surface area contributed by atoms with Crippen molar-refractivity contribution < 1.29 is 14.4 Å². The third kappa shape index (κ3) is 7.84. The first-order valence-corrected chi connectivity index (χ1v) is 14.9. The molecule has 0 aliphatic rings. The van der Waals surface area contributed by atoms with Crippen molar-refractivity contribution in [3.63, 3.8) is 0 Å². The molecule has 0 spiro atoms. The molecule has 1 heterocycles. The van der Waals surface area contributed by atoms with Crippen molar-refractivity contribution in [3.05, 3.63) is 154 Å². The highest BCUT2D eigenvalue weighted by Gasteiger charge is 2.23. The maximum absolute atomic E-state index is 13.4. The van der Waals surface area contributed by atoms with E-state index in [1.165, 1.54) is 23.1 Å². The van der Waals surface area contributed by atoms with Crippen molar-refractivity contribution in [2.45, 2.75) is 10.1 Å². The molecule has 3 N–H and O–H groups in total. The van der Waals surface area contributed by atoms with Gasteiger partial charge in [0.15, 0.2) is 0 Å². The Bertz CT molecular complexity index is 1670. The monoisotopic (exact) mass is 589 g/mol. The van der Waals surface area contributed by atoms with Gasteiger partial charge in [0.2, 0.25) is 5.91 Å². The molecule has 42 heavy (non-hydrogen) atoms. The Hall–Kier alpha value is -4.92. The molecule has 1 aromatic heterocycles. The van der Waals surface area contributed by atoms with E-state index in [0.717, 1.165) is 15.3 Å². The molecule has 5 rings (SSSR count). The first-order valence-electron chi connectivity index (χ1n) is 13.2. The second kappa shape index (κ2) is 14.1. The average Bonchev–Trinajstić information content (AvgIpc) is 3.54. The van der Waals surface area contributed by atoms with E-state index < -0.39 is 11.2 Å². The molecule has 3 amide bonds. The highest BCUT2D eigenvalue weighted by Crippen LogP contribution is 2.37. The Morgan fingerprint density at radius 1 is 0.690 bits per heavy atom. The molecule has 6 nitrogen and oxygen atoms in total. The Morgan fingerprint density at radius 2 is 1.36 bits per heavy atom. The number of carbonyl (C=O) groups excluding carboxylic acids is 3. The molecule has 0 aliphatic carbocycles. The van der Waals surface area contributed by atoms with Crippen molar-refractivity contribution in [2.24, 2.45) is 0 Å². The quantitative estimate of drug-likeness (QED) is 0.115. The first-order chi connectivity index (χ1) is 20.5. The maximum Gasteiger partial charge on any atom is 0.272 e. The molecule has 1 atom stereocenters. The third-order valence-electron chi connectivity index (χ3n) is 6.09. The van der Waals surface area contributed by atoms with E-state index >= 15 is 0 Å². The predicted octanol–water partition coefficient (Wildman–Crippen LogP) is 7.63. The van der Waals surface area contributed by atoms with Crippen LogP contribution in [0.3, 0.4) is 0 Å². The Balaban J connectivity index is 1.35. The summed E-state index contributed by atoms with van der Waals surface area (Å²) < 4.78 is 0. The number of nitrogens with one attached hydrogen (secondary N) is 3. The van der Waals surface area contributed by atoms with Crippen molar-refractivity contribution >= 4 is 58.3 Å². The van der Waals surface area contributed by atoms with E-state index in [9.17, 15) is 14.4 Å². The van der Waals surface area contributed by atoms with Gasteiger partial charge in [-0.15, -0.1) is 23.1 Å². The number of amides is 3. The largest absolute Gasteiger partial charge is 0.325 e. The van der Waals surface area contributed by atoms with E-state index in [4.69, 9.17) is 0 Å². The van der Waals surface area contributed by atoms with Crippen molar-refractivity contribution in [1.82, 2.24) is 5.32 Å². The Kier molecular flexibility index (Phi) is 9.61. The topological polar surface area (TPSA) is 87.3 Å². The minimum Gasteiger partial charge on any atom is -0.325 e. The molecule has 0 fully saturated rings. The van der Waals surface area contributed by atoms with Crippen LogP contribution in [-0.2, 0) is 9.59 Å². The van der Waals surface area contributed by atoms with Crippen LogP contribution >= 0.6 is 23.1 Å². The number of thiophene rings is 1. The number of para-hydroxylation sites is 1. The van der Waals surface area contributed by atoms with Crippen LogP contribution in [0.4, 0.5) is 11.4 Å². The molecule has 0 saturated carbocycles. The number of hydrogen-bond acceptors (Lipinski definition) is 5. The molecule has 0 saturated heterocycles. The average molecular weight is 590 g/mol. The number of benzene rings is 4. The zero-order valence-corrected chi connectivity index (χ0v) is 24.0. The van der Waals surface area contributed by atoms with E-state index in [1.807, 2.05) is 102 Å². The van der Waals surface area contributed by atoms with Crippen LogP contribution in [0.25, 0.3) is 6.08 Å². The minimum atomic E-state index is -0.531. The zero-order chi connectivity index (χ0) is 29.1. The van der Waals surface area contributed by atoms with E-state index in [1.54, 1.807) is 36.4 Å². The predicted molar refractivity (Wildman–Crippen MR) is 171 cm³/mol. The zero-order valence-electron chi connectivity index (χ0n) is 22.4. The summed E-state index contributed by atoms with van der Waals surface area (Å²) >= 11 is 2.84. The smallest absolute Gasteiger partial charge is 0.272 e. The third-order valence-corrected chi connectivity index (χ3v) is 8.15. The summed E-state index contributed by atoms with van der Waals surface area (Å²) in [6.45, 7) is 0. The summed E-state index contributed by atoms with van der Waals surface area (Å²) in [7, 11) is 0. The number of anilines is 2. The molecule has 1 unspecified atom stereocenters. The number of hydrogen-bond donors (Lipinski definition) is 3. The SMILES string of the molecule is O=C(Nc1cccc(SC(C(=O)Nc2ccccc2)c2ccccc2)c1)/C(=C/c1cccs1)NC(=O)c1ccccc1. The Morgan fingerprint density at radius 3 is 2.05 bits per heavy atom. The van der Waals surface area contributed by atoms with Crippen LogP contribution in [0.2, 0.25) is 0 Å². The summed E-state index contributed by atoms with van der Waals surface area (Å²) in [4.78, 5) is 41.3. The van der Waals surface area contributed by atoms with Crippen molar-refractivity contribution in [2.75, 3.05) is 10.6 Å². The van der Waals surface area contributed by atoms with Gasteiger partial charge >= 0.3 is 0 Å². The summed E-state index contributed by atoms with van der Waals surface area (Å²) in [6, 6.07) is 38.7. The first kappa shape index (κ1) is 28.6. The lowest BCUT2D eigenvalue weighted by molar-refractivity contribution is -0.116. The minimum absolute atomic E-state index is 0.119. The van der Waals surface area contributed by atoms with Gasteiger partial charge < -0.3 is 16.0 Å². The van der Waals surface area contributed by atoms with Gasteiger partial charge in [0, 0.05) is 26.7 Å². The lowest BCUT2D eigenvalue weighted by Crippen LogP contribution is -2.30. The van der Waals surface area contributed by atoms with Crippen molar-refractivity contribution in [3.8, 4) is 0 Å². The fourth-order valence-electron chi connectivity index (χ4n) is 4.07. The highest BCUT2D eigenvalue weighted by molar-refractivity contribution is 8.00. The summed E-state index contributed by atoms with van der Waals surface area (Å²) in [5.41, 5.74) is 2.67. The summed E-state index contributed by atoms with van der Waals surface area (Å²) in [5, 5.41) is 10.0. The molecule has 208 valence electrons. The normalized spacial score (nSPS) is 11.8. The van der Waals surface area contributed by atoms with E-state index in [-0.39, 0.29) is 17.5 Å². The lowest BCUT2D eigenvalue weighted by atomic mass is 10.1. The molecule has 0 radical (unpaired) electrons. The number of thioether (sulfide) groups is 1. The van der Waals surface area contributed by atoms with Crippen LogP contribution in [-0.4, -0.2) is 17.7 Å². The van der Waals surface area contributed by atoms with E-state index in [2.05, 4.69) is 16.0 Å². The molecule has 8 heteroatoms. The van der Waals surface area contributed by atoms with Gasteiger partial charge in [0.1, 0.15) is 10.9 Å². The number of carbonyl (C=O) groups is 3. The fourth-order valence-corrected chi connectivity index (χ4v) is 5.81. The second-order valence-electron chi connectivity index (χ2n) is 9.14. The van der Waals surface area contributed by atoms with Gasteiger partial charge in [-0.05, 0) is 65.6 Å². The van der Waals surface area contributed by atoms with Crippen molar-refractivity contribution in [1.29, 1.82) is 0 Å². The standard InChI is InChI=1S/C34H27N3O3S2/c38-32(25-14-6-2-7-15-25)37-30(23-28-20-11-21-41-28)33(39)36-27-18-10-19-29(22-27)42-31(24-12-4-1-5-13-24)34(40)35-26-16-8-3-9-17-26/h1-23,31H,(H,35,40)(H,36,39)(H,37,38)/b30-23-. The molecular weight excluding hydrogens is 563 g/mol. The van der Waals surface area contributed by atoms with Gasteiger partial charge in [0.05, 0.1) is 0 Å². The molecule has 4 aromatic carbocycles. The Labute approximate surface area is 252 Å². The summed E-state index contributed by atoms with van der Waals surface area (Å²) in [5.74, 6) is -0.999. The van der Waals surface area contributed by atoms with Crippen LogP contribution in [0, 0.1) is 0 Å². The molecule has 0 aliphatic heterocycles. The maximum atomic E-state index is 13.4.